The molecule has 1 aliphatic heterocycles. The first-order valence-electron chi connectivity index (χ1n) is 8.09. The maximum Gasteiger partial charge on any atom is 0.410 e. The van der Waals surface area contributed by atoms with E-state index in [1.54, 1.807) is 6.92 Å². The third-order valence-electron chi connectivity index (χ3n) is 3.86. The number of alkyl halides is 1. The number of piperidine rings is 1. The lowest BCUT2D eigenvalue weighted by Crippen LogP contribution is -2.57. The molecule has 5 nitrogen and oxygen atoms in total. The van der Waals surface area contributed by atoms with Crippen molar-refractivity contribution < 1.29 is 18.5 Å². The topological polar surface area (TPSA) is 64.6 Å². The Balaban J connectivity index is 2.57. The standard InChI is InChI=1S/C16H31FN2O3S/c1-12(18-23(21)15(5,6)7)16(17)8-10-19(11-9-16)13(20)22-14(2,3)4/h12,18H,8-11H2,1-7H3/t12-,23?/m0/s1. The van der Waals surface area contributed by atoms with Gasteiger partial charge in [-0.2, -0.15) is 0 Å². The Labute approximate surface area is 142 Å². The van der Waals surface area contributed by atoms with Gasteiger partial charge in [0.05, 0.1) is 6.04 Å². The van der Waals surface area contributed by atoms with E-state index >= 15 is 4.39 Å². The molecule has 1 aliphatic rings. The van der Waals surface area contributed by atoms with Crippen LogP contribution in [0.1, 0.15) is 61.3 Å². The Kier molecular flexibility index (Phi) is 6.38. The number of nitrogens with one attached hydrogen (secondary N) is 1. The van der Waals surface area contributed by atoms with Crippen LogP contribution in [-0.2, 0) is 16.1 Å². The van der Waals surface area contributed by atoms with Crippen LogP contribution in [0, 0.1) is 0 Å². The minimum absolute atomic E-state index is 0.210. The predicted octanol–water partition coefficient (Wildman–Crippen LogP) is 3.17. The highest BCUT2D eigenvalue weighted by atomic mass is 32.2. The van der Waals surface area contributed by atoms with Gasteiger partial charge in [0.25, 0.3) is 0 Å². The number of rotatable bonds is 3. The van der Waals surface area contributed by atoms with Gasteiger partial charge in [0.2, 0.25) is 0 Å². The highest BCUT2D eigenvalue weighted by Gasteiger charge is 2.44. The first-order valence-corrected chi connectivity index (χ1v) is 9.24. The minimum Gasteiger partial charge on any atom is -0.598 e. The number of amides is 1. The average molecular weight is 351 g/mol. The third kappa shape index (κ3) is 6.12. The fourth-order valence-corrected chi connectivity index (χ4v) is 3.15. The maximum absolute atomic E-state index is 15.1. The van der Waals surface area contributed by atoms with E-state index in [1.807, 2.05) is 41.5 Å². The van der Waals surface area contributed by atoms with Gasteiger partial charge in [-0.05, 0) is 48.5 Å². The average Bonchev–Trinajstić information content (AvgIpc) is 2.36. The van der Waals surface area contributed by atoms with E-state index in [-0.39, 0.29) is 12.8 Å². The van der Waals surface area contributed by atoms with E-state index in [0.717, 1.165) is 0 Å². The van der Waals surface area contributed by atoms with Gasteiger partial charge in [0, 0.05) is 37.3 Å². The Morgan fingerprint density at radius 2 is 1.74 bits per heavy atom. The molecule has 0 aromatic heterocycles. The first-order chi connectivity index (χ1) is 10.2. The lowest BCUT2D eigenvalue weighted by atomic mass is 9.87. The molecule has 0 aromatic carbocycles. The number of ether oxygens (including phenoxy) is 1. The third-order valence-corrected chi connectivity index (χ3v) is 5.54. The number of halogens is 1. The molecule has 1 N–H and O–H groups in total. The van der Waals surface area contributed by atoms with Gasteiger partial charge in [-0.1, -0.05) is 0 Å². The van der Waals surface area contributed by atoms with Crippen LogP contribution in [0.5, 0.6) is 0 Å². The van der Waals surface area contributed by atoms with Gasteiger partial charge < -0.3 is 14.2 Å². The molecule has 1 rings (SSSR count). The second-order valence-electron chi connectivity index (χ2n) is 8.22. The van der Waals surface area contributed by atoms with E-state index in [9.17, 15) is 9.35 Å². The van der Waals surface area contributed by atoms with Crippen molar-refractivity contribution in [2.24, 2.45) is 0 Å². The Morgan fingerprint density at radius 3 is 2.13 bits per heavy atom. The molecular weight excluding hydrogens is 319 g/mol. The van der Waals surface area contributed by atoms with E-state index in [4.69, 9.17) is 4.74 Å². The lowest BCUT2D eigenvalue weighted by molar-refractivity contribution is -0.00296. The molecule has 136 valence electrons. The van der Waals surface area contributed by atoms with Crippen LogP contribution in [0.15, 0.2) is 0 Å². The van der Waals surface area contributed by atoms with Gasteiger partial charge in [-0.3, -0.25) is 0 Å². The number of carbonyl (C=O) groups is 1. The van der Waals surface area contributed by atoms with Gasteiger partial charge in [0.1, 0.15) is 16.0 Å². The van der Waals surface area contributed by atoms with Gasteiger partial charge in [-0.25, -0.2) is 9.18 Å². The summed E-state index contributed by atoms with van der Waals surface area (Å²) < 4.78 is 35.0. The van der Waals surface area contributed by atoms with E-state index < -0.39 is 39.5 Å². The van der Waals surface area contributed by atoms with Crippen LogP contribution in [0.2, 0.25) is 0 Å². The Morgan fingerprint density at radius 1 is 1.26 bits per heavy atom. The van der Waals surface area contributed by atoms with Gasteiger partial charge in [-0.15, -0.1) is 4.72 Å². The Bertz CT molecular complexity index is 413. The van der Waals surface area contributed by atoms with Crippen LogP contribution < -0.4 is 4.72 Å². The summed E-state index contributed by atoms with van der Waals surface area (Å²) in [6, 6.07) is -0.539. The molecule has 7 heteroatoms. The number of hydrogen-bond donors (Lipinski definition) is 1. The zero-order chi connectivity index (χ0) is 18.1. The number of likely N-dealkylation sites (tertiary alicyclic amines) is 1. The van der Waals surface area contributed by atoms with Gasteiger partial charge >= 0.3 is 6.09 Å². The zero-order valence-electron chi connectivity index (χ0n) is 15.4. The molecule has 1 heterocycles. The maximum atomic E-state index is 15.1. The quantitative estimate of drug-likeness (QED) is 0.794. The molecule has 0 saturated carbocycles. The SMILES string of the molecule is C[C@H](N[S+]([O-])C(C)(C)C)C1(F)CCN(C(=O)OC(C)(C)C)CC1. The molecule has 1 unspecified atom stereocenters. The van der Waals surface area contributed by atoms with Crippen LogP contribution in [0.25, 0.3) is 0 Å². The van der Waals surface area contributed by atoms with Crippen molar-refractivity contribution >= 4 is 17.5 Å². The van der Waals surface area contributed by atoms with Crippen LogP contribution >= 0.6 is 0 Å². The minimum atomic E-state index is -1.47. The monoisotopic (exact) mass is 350 g/mol. The van der Waals surface area contributed by atoms with E-state index in [2.05, 4.69) is 4.72 Å². The first kappa shape index (κ1) is 20.5. The summed E-state index contributed by atoms with van der Waals surface area (Å²) in [5.41, 5.74) is -2.03. The van der Waals surface area contributed by atoms with E-state index in [0.29, 0.717) is 13.1 Å². The van der Waals surface area contributed by atoms with Crippen molar-refractivity contribution in [1.29, 1.82) is 0 Å². The molecule has 2 atom stereocenters. The van der Waals surface area contributed by atoms with Crippen molar-refractivity contribution in [3.05, 3.63) is 0 Å². The fourth-order valence-electron chi connectivity index (χ4n) is 2.26. The highest BCUT2D eigenvalue weighted by Crippen LogP contribution is 2.32. The molecule has 1 saturated heterocycles. The number of carbonyl (C=O) groups excluding carboxylic acids is 1. The molecular formula is C16H31FN2O3S. The van der Waals surface area contributed by atoms with Crippen molar-refractivity contribution in [3.8, 4) is 0 Å². The van der Waals surface area contributed by atoms with Crippen molar-refractivity contribution in [3.63, 3.8) is 0 Å². The van der Waals surface area contributed by atoms with Crippen LogP contribution in [0.3, 0.4) is 0 Å². The lowest BCUT2D eigenvalue weighted by Gasteiger charge is -2.40. The largest absolute Gasteiger partial charge is 0.598 e. The molecule has 0 aliphatic carbocycles. The normalized spacial score (nSPS) is 21.7. The predicted molar refractivity (Wildman–Crippen MR) is 91.4 cm³/mol. The summed E-state index contributed by atoms with van der Waals surface area (Å²) in [6.45, 7) is 13.3. The molecule has 23 heavy (non-hydrogen) atoms. The van der Waals surface area contributed by atoms with Crippen LogP contribution in [-0.4, -0.2) is 50.7 Å². The van der Waals surface area contributed by atoms with Crippen molar-refractivity contribution in [2.75, 3.05) is 13.1 Å². The van der Waals surface area contributed by atoms with Gasteiger partial charge in [0.15, 0.2) is 0 Å². The zero-order valence-corrected chi connectivity index (χ0v) is 16.2. The number of nitrogens with zero attached hydrogens (tertiary/aromatic N) is 1. The Hall–Kier alpha value is -0.530. The second-order valence-corrected chi connectivity index (χ2v) is 10.2. The summed E-state index contributed by atoms with van der Waals surface area (Å²) in [4.78, 5) is 13.6. The summed E-state index contributed by atoms with van der Waals surface area (Å²) in [5.74, 6) is 0. The number of hydrogen-bond acceptors (Lipinski definition) is 4. The molecule has 0 aromatic rings. The highest BCUT2D eigenvalue weighted by molar-refractivity contribution is 7.90. The molecule has 0 bridgehead atoms. The molecule has 0 radical (unpaired) electrons. The van der Waals surface area contributed by atoms with Crippen LogP contribution in [0.4, 0.5) is 9.18 Å². The fraction of sp³-hybridized carbons (Fsp3) is 0.938. The van der Waals surface area contributed by atoms with E-state index in [1.165, 1.54) is 4.90 Å². The summed E-state index contributed by atoms with van der Waals surface area (Å²) in [5, 5.41) is 0. The van der Waals surface area contributed by atoms with Crippen molar-refractivity contribution in [2.45, 2.75) is 83.4 Å². The summed E-state index contributed by atoms with van der Waals surface area (Å²) >= 11 is -1.32. The molecule has 1 fully saturated rings. The second kappa shape index (κ2) is 7.15. The van der Waals surface area contributed by atoms with Crippen molar-refractivity contribution in [1.82, 2.24) is 9.62 Å². The summed E-state index contributed by atoms with van der Waals surface area (Å²) in [6.07, 6.45) is 0.0159. The molecule has 1 amide bonds. The molecule has 0 spiro atoms. The smallest absolute Gasteiger partial charge is 0.410 e. The summed E-state index contributed by atoms with van der Waals surface area (Å²) in [7, 11) is 0.